The number of halogens is 1. The van der Waals surface area contributed by atoms with E-state index in [0.29, 0.717) is 22.8 Å². The van der Waals surface area contributed by atoms with E-state index >= 15 is 0 Å². The first-order chi connectivity index (χ1) is 6.75. The van der Waals surface area contributed by atoms with Crippen molar-refractivity contribution in [1.29, 1.82) is 0 Å². The van der Waals surface area contributed by atoms with Crippen LogP contribution in [0.25, 0.3) is 0 Å². The van der Waals surface area contributed by atoms with E-state index in [1.54, 1.807) is 0 Å². The molecule has 76 valence electrons. The van der Waals surface area contributed by atoms with E-state index in [4.69, 9.17) is 17.3 Å². The average Bonchev–Trinajstić information content (AvgIpc) is 2.64. The third-order valence-electron chi connectivity index (χ3n) is 2.46. The van der Waals surface area contributed by atoms with Crippen LogP contribution in [0.4, 0.5) is 11.6 Å². The van der Waals surface area contributed by atoms with Crippen molar-refractivity contribution in [3.63, 3.8) is 0 Å². The number of nitrogens with two attached hydrogens (primary N) is 1. The van der Waals surface area contributed by atoms with Crippen molar-refractivity contribution in [2.75, 3.05) is 11.1 Å². The standard InChI is InChI=1S/C9H13ClN4/c10-8-7(11)5-12-9(14-8)13-6-3-1-2-4-6/h5-6H,1-4,11H2,(H,12,13,14). The summed E-state index contributed by atoms with van der Waals surface area (Å²) < 4.78 is 0. The number of rotatable bonds is 2. The molecule has 0 saturated heterocycles. The van der Waals surface area contributed by atoms with Gasteiger partial charge in [-0.05, 0) is 12.8 Å². The molecule has 0 aliphatic heterocycles. The molecule has 0 spiro atoms. The lowest BCUT2D eigenvalue weighted by molar-refractivity contribution is 0.744. The van der Waals surface area contributed by atoms with E-state index in [-0.39, 0.29) is 0 Å². The van der Waals surface area contributed by atoms with E-state index < -0.39 is 0 Å². The Bertz CT molecular complexity index is 323. The van der Waals surface area contributed by atoms with Crippen LogP contribution in [0.1, 0.15) is 25.7 Å². The van der Waals surface area contributed by atoms with E-state index in [2.05, 4.69) is 15.3 Å². The molecule has 0 aromatic carbocycles. The minimum atomic E-state index is 0.320. The summed E-state index contributed by atoms with van der Waals surface area (Å²) in [5, 5.41) is 3.57. The fourth-order valence-electron chi connectivity index (χ4n) is 1.69. The SMILES string of the molecule is Nc1cnc(NC2CCCC2)nc1Cl. The Hall–Kier alpha value is -1.03. The molecule has 0 unspecified atom stereocenters. The maximum absolute atomic E-state index is 5.78. The van der Waals surface area contributed by atoms with Crippen LogP contribution in [0.3, 0.4) is 0 Å². The van der Waals surface area contributed by atoms with Crippen LogP contribution in [-0.4, -0.2) is 16.0 Å². The monoisotopic (exact) mass is 212 g/mol. The maximum atomic E-state index is 5.78. The molecule has 1 aliphatic carbocycles. The van der Waals surface area contributed by atoms with E-state index in [1.807, 2.05) is 0 Å². The molecule has 4 nitrogen and oxygen atoms in total. The summed E-state index contributed by atoms with van der Waals surface area (Å²) in [4.78, 5) is 8.13. The molecule has 3 N–H and O–H groups in total. The summed E-state index contributed by atoms with van der Waals surface area (Å²) in [6, 6.07) is 0.495. The van der Waals surface area contributed by atoms with Crippen molar-refractivity contribution in [3.05, 3.63) is 11.3 Å². The Balaban J connectivity index is 2.05. The molecule has 0 atom stereocenters. The fraction of sp³-hybridized carbons (Fsp3) is 0.556. The second kappa shape index (κ2) is 4.00. The predicted molar refractivity (Wildman–Crippen MR) is 57.3 cm³/mol. The summed E-state index contributed by atoms with van der Waals surface area (Å²) in [5.74, 6) is 0.580. The second-order valence-corrected chi connectivity index (χ2v) is 3.92. The molecule has 1 aromatic rings. The van der Waals surface area contributed by atoms with Gasteiger partial charge in [-0.25, -0.2) is 4.98 Å². The molecular weight excluding hydrogens is 200 g/mol. The maximum Gasteiger partial charge on any atom is 0.224 e. The van der Waals surface area contributed by atoms with Gasteiger partial charge < -0.3 is 11.1 Å². The van der Waals surface area contributed by atoms with E-state index in [9.17, 15) is 0 Å². The predicted octanol–water partition coefficient (Wildman–Crippen LogP) is 2.07. The first kappa shape index (κ1) is 9.52. The third kappa shape index (κ3) is 2.07. The Morgan fingerprint density at radius 1 is 1.43 bits per heavy atom. The summed E-state index contributed by atoms with van der Waals surface area (Å²) >= 11 is 5.78. The van der Waals surface area contributed by atoms with Gasteiger partial charge in [0.05, 0.1) is 11.9 Å². The van der Waals surface area contributed by atoms with Crippen molar-refractivity contribution in [1.82, 2.24) is 9.97 Å². The van der Waals surface area contributed by atoms with Crippen LogP contribution in [0.15, 0.2) is 6.20 Å². The zero-order chi connectivity index (χ0) is 9.97. The lowest BCUT2D eigenvalue weighted by atomic mass is 10.2. The Labute approximate surface area is 87.9 Å². The first-order valence-electron chi connectivity index (χ1n) is 4.80. The smallest absolute Gasteiger partial charge is 0.224 e. The zero-order valence-corrected chi connectivity index (χ0v) is 8.59. The van der Waals surface area contributed by atoms with Gasteiger partial charge in [-0.15, -0.1) is 0 Å². The molecule has 1 aromatic heterocycles. The third-order valence-corrected chi connectivity index (χ3v) is 2.76. The van der Waals surface area contributed by atoms with Crippen molar-refractivity contribution < 1.29 is 0 Å². The number of anilines is 2. The van der Waals surface area contributed by atoms with Crippen molar-refractivity contribution >= 4 is 23.2 Å². The minimum absolute atomic E-state index is 0.320. The molecule has 1 fully saturated rings. The Kier molecular flexibility index (Phi) is 2.72. The van der Waals surface area contributed by atoms with Gasteiger partial charge in [0, 0.05) is 6.04 Å². The molecule has 14 heavy (non-hydrogen) atoms. The highest BCUT2D eigenvalue weighted by Gasteiger charge is 2.15. The molecule has 1 aliphatic rings. The number of hydrogen-bond donors (Lipinski definition) is 2. The number of nitrogens with zero attached hydrogens (tertiary/aromatic N) is 2. The highest BCUT2D eigenvalue weighted by atomic mass is 35.5. The quantitative estimate of drug-likeness (QED) is 0.737. The minimum Gasteiger partial charge on any atom is -0.395 e. The van der Waals surface area contributed by atoms with Crippen LogP contribution in [-0.2, 0) is 0 Å². The summed E-state index contributed by atoms with van der Waals surface area (Å²) in [6.07, 6.45) is 6.46. The Morgan fingerprint density at radius 3 is 2.79 bits per heavy atom. The molecule has 1 saturated carbocycles. The number of hydrogen-bond acceptors (Lipinski definition) is 4. The second-order valence-electron chi connectivity index (χ2n) is 3.57. The van der Waals surface area contributed by atoms with Gasteiger partial charge >= 0.3 is 0 Å². The van der Waals surface area contributed by atoms with Crippen LogP contribution < -0.4 is 11.1 Å². The lowest BCUT2D eigenvalue weighted by Crippen LogP contribution is -2.16. The highest BCUT2D eigenvalue weighted by Crippen LogP contribution is 2.22. The highest BCUT2D eigenvalue weighted by molar-refractivity contribution is 6.31. The van der Waals surface area contributed by atoms with Gasteiger partial charge in [-0.2, -0.15) is 4.98 Å². The molecule has 0 bridgehead atoms. The summed E-state index contributed by atoms with van der Waals surface area (Å²) in [6.45, 7) is 0. The van der Waals surface area contributed by atoms with Gasteiger partial charge in [0.25, 0.3) is 0 Å². The molecule has 2 rings (SSSR count). The molecule has 5 heteroatoms. The molecule has 0 radical (unpaired) electrons. The van der Waals surface area contributed by atoms with Crippen molar-refractivity contribution in [2.45, 2.75) is 31.7 Å². The topological polar surface area (TPSA) is 63.8 Å². The lowest BCUT2D eigenvalue weighted by Gasteiger charge is -2.11. The van der Waals surface area contributed by atoms with Crippen LogP contribution >= 0.6 is 11.6 Å². The van der Waals surface area contributed by atoms with Gasteiger partial charge in [0.2, 0.25) is 5.95 Å². The number of nitrogen functional groups attached to an aromatic ring is 1. The molecular formula is C9H13ClN4. The zero-order valence-electron chi connectivity index (χ0n) is 7.83. The van der Waals surface area contributed by atoms with E-state index in [0.717, 1.165) is 0 Å². The summed E-state index contributed by atoms with van der Waals surface area (Å²) in [7, 11) is 0. The average molecular weight is 213 g/mol. The molecule has 1 heterocycles. The fourth-order valence-corrected chi connectivity index (χ4v) is 1.82. The number of aromatic nitrogens is 2. The number of nitrogens with one attached hydrogen (secondary N) is 1. The van der Waals surface area contributed by atoms with Crippen molar-refractivity contribution in [2.24, 2.45) is 0 Å². The van der Waals surface area contributed by atoms with Gasteiger partial charge in [-0.1, -0.05) is 24.4 Å². The van der Waals surface area contributed by atoms with Gasteiger partial charge in [-0.3, -0.25) is 0 Å². The Morgan fingerprint density at radius 2 is 2.14 bits per heavy atom. The van der Waals surface area contributed by atoms with Crippen molar-refractivity contribution in [3.8, 4) is 0 Å². The first-order valence-corrected chi connectivity index (χ1v) is 5.18. The van der Waals surface area contributed by atoms with E-state index in [1.165, 1.54) is 31.9 Å². The van der Waals surface area contributed by atoms with Crippen LogP contribution in [0.5, 0.6) is 0 Å². The van der Waals surface area contributed by atoms with Crippen LogP contribution in [0, 0.1) is 0 Å². The molecule has 0 amide bonds. The van der Waals surface area contributed by atoms with Crippen LogP contribution in [0.2, 0.25) is 5.15 Å². The van der Waals surface area contributed by atoms with Gasteiger partial charge in [0.15, 0.2) is 5.15 Å². The summed E-state index contributed by atoms with van der Waals surface area (Å²) in [5.41, 5.74) is 5.93. The van der Waals surface area contributed by atoms with Gasteiger partial charge in [0.1, 0.15) is 0 Å². The largest absolute Gasteiger partial charge is 0.395 e. The normalized spacial score (nSPS) is 17.2.